The molecule has 0 radical (unpaired) electrons. The van der Waals surface area contributed by atoms with Crippen LogP contribution in [-0.4, -0.2) is 22.0 Å². The van der Waals surface area contributed by atoms with E-state index in [-0.39, 0.29) is 12.9 Å². The molecule has 194 valence electrons. The molecule has 0 amide bonds. The van der Waals surface area contributed by atoms with E-state index >= 15 is 0 Å². The number of phenolic OH excluding ortho intramolecular Hbond substituents is 3. The highest BCUT2D eigenvalue weighted by Crippen LogP contribution is 2.46. The summed E-state index contributed by atoms with van der Waals surface area (Å²) < 4.78 is 22.7. The van der Waals surface area contributed by atoms with Crippen molar-refractivity contribution in [1.29, 1.82) is 0 Å². The lowest BCUT2D eigenvalue weighted by Gasteiger charge is -2.14. The molecule has 5 rings (SSSR count). The molecule has 1 aliphatic rings. The molecule has 1 aliphatic carbocycles. The van der Waals surface area contributed by atoms with Gasteiger partial charge >= 0.3 is 7.60 Å². The number of allylic oxidation sites excluding steroid dienone is 5. The first-order chi connectivity index (χ1) is 18.3. The first-order valence-corrected chi connectivity index (χ1v) is 13.6. The van der Waals surface area contributed by atoms with Crippen LogP contribution in [0.25, 0.3) is 11.1 Å². The van der Waals surface area contributed by atoms with E-state index in [0.29, 0.717) is 17.3 Å². The van der Waals surface area contributed by atoms with E-state index < -0.39 is 7.60 Å². The number of hydrogen-bond acceptors (Lipinski definition) is 6. The number of rotatable bonds is 5. The average Bonchev–Trinajstić information content (AvgIpc) is 2.91. The molecule has 4 aromatic rings. The lowest BCUT2D eigenvalue weighted by Crippen LogP contribution is -1.96. The summed E-state index contributed by atoms with van der Waals surface area (Å²) in [5.74, 6) is 1.87. The highest BCUT2D eigenvalue weighted by atomic mass is 31.2. The fourth-order valence-electron chi connectivity index (χ4n) is 3.05. The van der Waals surface area contributed by atoms with Gasteiger partial charge in [-0.1, -0.05) is 60.7 Å². The number of hydrogen-bond donors (Lipinski definition) is 3. The van der Waals surface area contributed by atoms with Crippen LogP contribution >= 0.6 is 7.60 Å². The number of benzene rings is 4. The normalized spacial score (nSPS) is 12.7. The van der Waals surface area contributed by atoms with Crippen LogP contribution in [0.4, 0.5) is 0 Å². The SMILES string of the molecule is CP(=O)(OC1=CC=[C+]C=C1)Oc1ccccc1.Oc1ccc(-c2ccc(O)cc2)cc1.Oc1ccccc1.[2HH]. The summed E-state index contributed by atoms with van der Waals surface area (Å²) in [6.45, 7) is 1.44. The first kappa shape index (κ1) is 27.8. The third-order valence-corrected chi connectivity index (χ3v) is 5.88. The average molecular weight is 531 g/mol. The van der Waals surface area contributed by atoms with Gasteiger partial charge in [0.2, 0.25) is 5.76 Å². The molecule has 0 aromatic heterocycles. The van der Waals surface area contributed by atoms with E-state index in [4.69, 9.17) is 24.4 Å². The maximum atomic E-state index is 12.1. The Labute approximate surface area is 224 Å². The van der Waals surface area contributed by atoms with Crippen LogP contribution in [0, 0.1) is 6.08 Å². The Kier molecular flexibility index (Phi) is 10.3. The van der Waals surface area contributed by atoms with Gasteiger partial charge in [-0.25, -0.2) is 4.57 Å². The molecule has 1 unspecified atom stereocenters. The van der Waals surface area contributed by atoms with E-state index in [1.807, 2.05) is 48.5 Å². The standard InChI is InChI=1S/C13H12O3P.C12H10O2.C6H6O.H2/c1-17(14,15-12-8-4-2-5-9-12)16-13-10-6-3-7-11-13;13-11-5-1-9(2-6-11)10-3-7-12(14)8-4-10;7-6-4-2-1-3-5-6;/h2,4-11H,1H3;1-8,13-14H;1-5,7H;1H/q+1;;;/i;;;1+1. The largest absolute Gasteiger partial charge is 0.508 e. The van der Waals surface area contributed by atoms with Crippen LogP contribution in [0.1, 0.15) is 1.43 Å². The van der Waals surface area contributed by atoms with Gasteiger partial charge in [-0.15, -0.1) is 0 Å². The van der Waals surface area contributed by atoms with Gasteiger partial charge in [-0.05, 0) is 59.7 Å². The first-order valence-electron chi connectivity index (χ1n) is 11.6. The van der Waals surface area contributed by atoms with E-state index in [0.717, 1.165) is 11.1 Å². The molecular formula is C31H30O6P+. The third kappa shape index (κ3) is 10.1. The molecule has 7 heteroatoms. The summed E-state index contributed by atoms with van der Waals surface area (Å²) in [5, 5.41) is 26.8. The predicted molar refractivity (Wildman–Crippen MR) is 152 cm³/mol. The van der Waals surface area contributed by atoms with Gasteiger partial charge < -0.3 is 24.4 Å². The van der Waals surface area contributed by atoms with E-state index in [1.165, 1.54) is 6.66 Å². The Bertz CT molecular complexity index is 1360. The second kappa shape index (κ2) is 14.1. The molecule has 0 aliphatic heterocycles. The van der Waals surface area contributed by atoms with Crippen molar-refractivity contribution in [1.82, 2.24) is 0 Å². The van der Waals surface area contributed by atoms with Crippen LogP contribution < -0.4 is 4.52 Å². The Balaban J connectivity index is 0.000000218. The zero-order valence-electron chi connectivity index (χ0n) is 20.7. The fourth-order valence-corrected chi connectivity index (χ4v) is 4.10. The van der Waals surface area contributed by atoms with Crippen molar-refractivity contribution in [2.24, 2.45) is 0 Å². The minimum Gasteiger partial charge on any atom is -0.508 e. The Morgan fingerprint density at radius 2 is 1.13 bits per heavy atom. The second-order valence-electron chi connectivity index (χ2n) is 7.93. The van der Waals surface area contributed by atoms with Crippen molar-refractivity contribution in [2.45, 2.75) is 0 Å². The molecule has 0 heterocycles. The maximum absolute atomic E-state index is 12.1. The van der Waals surface area contributed by atoms with Gasteiger partial charge in [0, 0.05) is 7.50 Å². The van der Waals surface area contributed by atoms with Crippen molar-refractivity contribution >= 4 is 7.60 Å². The van der Waals surface area contributed by atoms with Gasteiger partial charge in [0.1, 0.15) is 35.2 Å². The van der Waals surface area contributed by atoms with Gasteiger partial charge in [0.05, 0.1) is 18.8 Å². The van der Waals surface area contributed by atoms with Crippen molar-refractivity contribution in [2.75, 3.05) is 6.66 Å². The quantitative estimate of drug-likeness (QED) is 0.178. The Morgan fingerprint density at radius 1 is 0.658 bits per heavy atom. The molecule has 0 saturated heterocycles. The van der Waals surface area contributed by atoms with Crippen LogP contribution in [0.15, 0.2) is 139 Å². The Morgan fingerprint density at radius 3 is 1.55 bits per heavy atom. The summed E-state index contributed by atoms with van der Waals surface area (Å²) in [6, 6.07) is 31.6. The van der Waals surface area contributed by atoms with Gasteiger partial charge in [-0.2, -0.15) is 0 Å². The van der Waals surface area contributed by atoms with Crippen molar-refractivity contribution in [3.63, 3.8) is 0 Å². The number of phenols is 3. The highest BCUT2D eigenvalue weighted by molar-refractivity contribution is 7.53. The van der Waals surface area contributed by atoms with Crippen LogP contribution in [-0.2, 0) is 9.09 Å². The molecule has 1 atom stereocenters. The van der Waals surface area contributed by atoms with Gasteiger partial charge in [-0.3, -0.25) is 0 Å². The highest BCUT2D eigenvalue weighted by Gasteiger charge is 2.23. The third-order valence-electron chi connectivity index (χ3n) is 4.80. The van der Waals surface area contributed by atoms with E-state index in [2.05, 4.69) is 6.08 Å². The molecule has 6 nitrogen and oxygen atoms in total. The van der Waals surface area contributed by atoms with Crippen molar-refractivity contribution in [3.05, 3.63) is 145 Å². The summed E-state index contributed by atoms with van der Waals surface area (Å²) in [5.41, 5.74) is 2.03. The van der Waals surface area contributed by atoms with E-state index in [9.17, 15) is 4.57 Å². The summed E-state index contributed by atoms with van der Waals surface area (Å²) in [7, 11) is -3.15. The van der Waals surface area contributed by atoms with Gasteiger partial charge in [0.25, 0.3) is 0 Å². The molecule has 3 N–H and O–H groups in total. The number of aromatic hydroxyl groups is 3. The fraction of sp³-hybridized carbons (Fsp3) is 0.0323. The summed E-state index contributed by atoms with van der Waals surface area (Å²) in [6.07, 6.45) is 9.61. The zero-order chi connectivity index (χ0) is 27.2. The van der Waals surface area contributed by atoms with Crippen LogP contribution in [0.3, 0.4) is 0 Å². The predicted octanol–water partition coefficient (Wildman–Crippen LogP) is 8.12. The second-order valence-corrected chi connectivity index (χ2v) is 9.84. The summed E-state index contributed by atoms with van der Waals surface area (Å²) >= 11 is 0. The van der Waals surface area contributed by atoms with Crippen molar-refractivity contribution < 1.29 is 30.4 Å². The Hall–Kier alpha value is -4.76. The monoisotopic (exact) mass is 530 g/mol. The zero-order valence-corrected chi connectivity index (χ0v) is 21.6. The molecule has 0 bridgehead atoms. The summed E-state index contributed by atoms with van der Waals surface area (Å²) in [4.78, 5) is 0. The minimum atomic E-state index is -3.15. The lowest BCUT2D eigenvalue weighted by molar-refractivity contribution is 0.345. The van der Waals surface area contributed by atoms with Gasteiger partial charge in [0.15, 0.2) is 0 Å². The molecule has 0 saturated carbocycles. The molecule has 0 fully saturated rings. The molecule has 4 aromatic carbocycles. The molecule has 38 heavy (non-hydrogen) atoms. The van der Waals surface area contributed by atoms with E-state index in [1.54, 1.807) is 85.0 Å². The molecule has 0 spiro atoms. The minimum absolute atomic E-state index is 0. The maximum Gasteiger partial charge on any atom is 0.429 e. The topological polar surface area (TPSA) is 96.2 Å². The van der Waals surface area contributed by atoms with Crippen LogP contribution in [0.2, 0.25) is 0 Å². The van der Waals surface area contributed by atoms with Crippen molar-refractivity contribution in [3.8, 4) is 34.1 Å². The lowest BCUT2D eigenvalue weighted by atomic mass is 10.1. The van der Waals surface area contributed by atoms with Crippen LogP contribution in [0.5, 0.6) is 23.0 Å². The smallest absolute Gasteiger partial charge is 0.429 e. The number of para-hydroxylation sites is 2. The molecular weight excluding hydrogens is 499 g/mol.